The average molecular weight is 468 g/mol. The van der Waals surface area contributed by atoms with Gasteiger partial charge in [0.05, 0.1) is 29.0 Å². The van der Waals surface area contributed by atoms with Crippen LogP contribution in [0.3, 0.4) is 0 Å². The Labute approximate surface area is 197 Å². The third-order valence-corrected chi connectivity index (χ3v) is 6.98. The van der Waals surface area contributed by atoms with Crippen molar-refractivity contribution in [1.29, 1.82) is 0 Å². The van der Waals surface area contributed by atoms with Gasteiger partial charge in [0.15, 0.2) is 5.75 Å². The smallest absolute Gasteiger partial charge is 0.405 e. The Bertz CT molecular complexity index is 1210. The normalized spacial score (nSPS) is 25.3. The number of benzene rings is 2. The number of nitrogens with two attached hydrogens (primary N) is 1. The van der Waals surface area contributed by atoms with Gasteiger partial charge in [-0.2, -0.15) is 0 Å². The standard InChI is InChI=1S/C25H29N3O6/c1-24(34-23(26)29,18-6-4-3-5-7-18)15-25(30)10-8-16(9-11-25)19-12-17-13-21(28(31)32)22(33-2)14-20(17)27-19/h3-7,12-14,16,19,30H,8-11,15H2,1-2H3,(H2,26,29). The summed E-state index contributed by atoms with van der Waals surface area (Å²) in [6.07, 6.45) is 3.77. The molecule has 1 amide bonds. The number of methoxy groups -OCH3 is 1. The predicted octanol–water partition coefficient (Wildman–Crippen LogP) is 2.71. The molecule has 2 aromatic carbocycles. The first-order valence-corrected chi connectivity index (χ1v) is 11.3. The summed E-state index contributed by atoms with van der Waals surface area (Å²) in [6, 6.07) is 12.3. The summed E-state index contributed by atoms with van der Waals surface area (Å²) in [6.45, 7) is 1.77. The van der Waals surface area contributed by atoms with E-state index >= 15 is 0 Å². The van der Waals surface area contributed by atoms with E-state index in [2.05, 4.69) is 0 Å². The lowest BCUT2D eigenvalue weighted by Gasteiger charge is -2.42. The van der Waals surface area contributed by atoms with Crippen LogP contribution in [0.1, 0.15) is 44.6 Å². The molecule has 9 nitrogen and oxygen atoms in total. The monoisotopic (exact) mass is 467 g/mol. The fourth-order valence-electron chi connectivity index (χ4n) is 5.28. The number of carbonyl (C=O) groups excluding carboxylic acids is 1. The molecular weight excluding hydrogens is 438 g/mol. The summed E-state index contributed by atoms with van der Waals surface area (Å²) < 4.78 is 10.7. The van der Waals surface area contributed by atoms with Gasteiger partial charge in [-0.1, -0.05) is 36.4 Å². The van der Waals surface area contributed by atoms with Crippen LogP contribution in [-0.4, -0.2) is 34.9 Å². The zero-order chi connectivity index (χ0) is 24.5. The van der Waals surface area contributed by atoms with E-state index in [1.54, 1.807) is 13.0 Å². The second kappa shape index (κ2) is 9.06. The van der Waals surface area contributed by atoms with Gasteiger partial charge >= 0.3 is 11.8 Å². The summed E-state index contributed by atoms with van der Waals surface area (Å²) in [5.41, 5.74) is 3.97. The largest absolute Gasteiger partial charge is 0.490 e. The number of nitrogens with zero attached hydrogens (tertiary/aromatic N) is 2. The highest BCUT2D eigenvalue weighted by atomic mass is 16.6. The molecule has 1 aliphatic carbocycles. The Morgan fingerprint density at radius 1 is 1.29 bits per heavy atom. The number of nitro groups is 1. The van der Waals surface area contributed by atoms with Crippen molar-refractivity contribution in [2.24, 2.45) is 16.6 Å². The van der Waals surface area contributed by atoms with Crippen LogP contribution < -0.4 is 21.0 Å². The molecule has 2 aromatic rings. The van der Waals surface area contributed by atoms with Crippen LogP contribution >= 0.6 is 0 Å². The molecule has 3 N–H and O–H groups in total. The van der Waals surface area contributed by atoms with E-state index in [1.165, 1.54) is 13.2 Å². The lowest BCUT2D eigenvalue weighted by atomic mass is 9.71. The van der Waals surface area contributed by atoms with E-state index in [0.29, 0.717) is 18.2 Å². The number of ether oxygens (including phenoxy) is 2. The zero-order valence-corrected chi connectivity index (χ0v) is 19.3. The first-order chi connectivity index (χ1) is 16.1. The Morgan fingerprint density at radius 2 is 1.97 bits per heavy atom. The van der Waals surface area contributed by atoms with Crippen LogP contribution in [0.2, 0.25) is 0 Å². The van der Waals surface area contributed by atoms with E-state index < -0.39 is 22.2 Å². The second-order valence-electron chi connectivity index (χ2n) is 9.38. The van der Waals surface area contributed by atoms with Crippen LogP contribution in [0.4, 0.5) is 10.5 Å². The molecule has 2 atom stereocenters. The number of amides is 1. The van der Waals surface area contributed by atoms with Crippen molar-refractivity contribution in [1.82, 2.24) is 0 Å². The van der Waals surface area contributed by atoms with Gasteiger partial charge in [0.1, 0.15) is 5.60 Å². The molecule has 0 bridgehead atoms. The van der Waals surface area contributed by atoms with Crippen molar-refractivity contribution in [2.75, 3.05) is 7.11 Å². The Morgan fingerprint density at radius 3 is 2.56 bits per heavy atom. The quantitative estimate of drug-likeness (QED) is 0.474. The van der Waals surface area contributed by atoms with Gasteiger partial charge in [-0.15, -0.1) is 0 Å². The summed E-state index contributed by atoms with van der Waals surface area (Å²) in [5, 5.41) is 24.2. The maximum Gasteiger partial charge on any atom is 0.405 e. The van der Waals surface area contributed by atoms with Crippen molar-refractivity contribution in [2.45, 2.75) is 56.3 Å². The van der Waals surface area contributed by atoms with E-state index in [1.807, 2.05) is 36.4 Å². The van der Waals surface area contributed by atoms with E-state index in [0.717, 1.165) is 23.6 Å². The molecule has 4 rings (SSSR count). The second-order valence-corrected chi connectivity index (χ2v) is 9.38. The van der Waals surface area contributed by atoms with Crippen LogP contribution in [0.25, 0.3) is 6.08 Å². The molecule has 1 heterocycles. The number of fused-ring (bicyclic) bond motifs is 1. The number of carbonyl (C=O) groups is 1. The molecule has 0 radical (unpaired) electrons. The number of hydrogen-bond donors (Lipinski definition) is 2. The summed E-state index contributed by atoms with van der Waals surface area (Å²) in [4.78, 5) is 27.3. The van der Waals surface area contributed by atoms with Gasteiger partial charge in [0.25, 0.3) is 0 Å². The first-order valence-electron chi connectivity index (χ1n) is 11.3. The Balaban J connectivity index is 1.49. The lowest BCUT2D eigenvalue weighted by molar-refractivity contribution is -0.385. The van der Waals surface area contributed by atoms with Crippen LogP contribution in [0.5, 0.6) is 5.75 Å². The van der Waals surface area contributed by atoms with Crippen LogP contribution in [0.15, 0.2) is 47.5 Å². The summed E-state index contributed by atoms with van der Waals surface area (Å²) in [7, 11) is 1.40. The number of rotatable bonds is 7. The fourth-order valence-corrected chi connectivity index (χ4v) is 5.28. The number of hydrogen-bond acceptors (Lipinski definition) is 7. The van der Waals surface area contributed by atoms with Crippen LogP contribution in [-0.2, 0) is 10.3 Å². The number of primary amides is 1. The zero-order valence-electron chi connectivity index (χ0n) is 19.3. The van der Waals surface area contributed by atoms with E-state index in [9.17, 15) is 20.0 Å². The molecule has 2 unspecified atom stereocenters. The van der Waals surface area contributed by atoms with Gasteiger partial charge in [-0.3, -0.25) is 15.1 Å². The number of aliphatic hydroxyl groups is 1. The molecule has 180 valence electrons. The first kappa shape index (κ1) is 23.7. The molecule has 1 fully saturated rings. The van der Waals surface area contributed by atoms with Crippen molar-refractivity contribution < 1.29 is 24.3 Å². The molecule has 2 aliphatic rings. The Hall–Kier alpha value is -3.46. The third kappa shape index (κ3) is 4.75. The fraction of sp³-hybridized carbons (Fsp3) is 0.440. The minimum absolute atomic E-state index is 0.0824. The molecule has 34 heavy (non-hydrogen) atoms. The van der Waals surface area contributed by atoms with Crippen LogP contribution in [0, 0.1) is 16.0 Å². The van der Waals surface area contributed by atoms with Crippen molar-refractivity contribution in [3.63, 3.8) is 0 Å². The average Bonchev–Trinajstić information content (AvgIpc) is 3.21. The van der Waals surface area contributed by atoms with Gasteiger partial charge < -0.3 is 20.3 Å². The number of nitro benzene ring substituents is 1. The van der Waals surface area contributed by atoms with Gasteiger partial charge in [0, 0.05) is 23.8 Å². The maximum atomic E-state index is 11.6. The molecule has 1 saturated carbocycles. The van der Waals surface area contributed by atoms with Crippen molar-refractivity contribution in [3.8, 4) is 5.75 Å². The van der Waals surface area contributed by atoms with Gasteiger partial charge in [-0.25, -0.2) is 4.79 Å². The minimum Gasteiger partial charge on any atom is -0.490 e. The van der Waals surface area contributed by atoms with E-state index in [4.69, 9.17) is 20.2 Å². The highest BCUT2D eigenvalue weighted by molar-refractivity contribution is 5.65. The highest BCUT2D eigenvalue weighted by Gasteiger charge is 2.44. The lowest BCUT2D eigenvalue weighted by Crippen LogP contribution is -2.44. The molecular formula is C25H29N3O6. The summed E-state index contributed by atoms with van der Waals surface area (Å²) in [5.74, 6) is 0.381. The highest BCUT2D eigenvalue weighted by Crippen LogP contribution is 2.43. The maximum absolute atomic E-state index is 11.6. The molecule has 0 spiro atoms. The SMILES string of the molecule is COc1cc2c(cc1[N+](=O)[O-])=CC(C1CCC(O)(CC(C)(OC(N)=O)c3ccccc3)CC1)N=2. The van der Waals surface area contributed by atoms with Gasteiger partial charge in [-0.05, 0) is 44.1 Å². The molecule has 9 heteroatoms. The summed E-state index contributed by atoms with van der Waals surface area (Å²) >= 11 is 0. The van der Waals surface area contributed by atoms with Gasteiger partial charge in [0.2, 0.25) is 0 Å². The van der Waals surface area contributed by atoms with Crippen molar-refractivity contribution in [3.05, 3.63) is 68.7 Å². The third-order valence-electron chi connectivity index (χ3n) is 6.98. The van der Waals surface area contributed by atoms with Crippen molar-refractivity contribution >= 4 is 17.9 Å². The predicted molar refractivity (Wildman–Crippen MR) is 125 cm³/mol. The van der Waals surface area contributed by atoms with E-state index in [-0.39, 0.29) is 29.8 Å². The Kier molecular flexibility index (Phi) is 6.31. The molecule has 0 aromatic heterocycles. The minimum atomic E-state index is -1.05. The molecule has 0 saturated heterocycles. The molecule has 1 aliphatic heterocycles. The topological polar surface area (TPSA) is 137 Å².